The van der Waals surface area contributed by atoms with E-state index in [1.165, 1.54) is 19.3 Å². The van der Waals surface area contributed by atoms with Crippen molar-refractivity contribution in [2.24, 2.45) is 0 Å². The molecule has 8 heavy (non-hydrogen) atoms. The Balaban J connectivity index is 2.53. The molecule has 0 atom stereocenters. The molecular formula is C7H16Te. The van der Waals surface area contributed by atoms with E-state index in [-0.39, 0.29) is 0 Å². The molecule has 0 spiro atoms. The first-order chi connectivity index (χ1) is 3.91. The molecule has 50 valence electrons. The van der Waals surface area contributed by atoms with Gasteiger partial charge in [-0.25, -0.2) is 0 Å². The fourth-order valence-electron chi connectivity index (χ4n) is 0.493. The van der Waals surface area contributed by atoms with E-state index in [0.717, 1.165) is 0 Å². The van der Waals surface area contributed by atoms with Crippen LogP contribution in [0.3, 0.4) is 0 Å². The first kappa shape index (κ1) is 8.79. The molecule has 0 amide bonds. The van der Waals surface area contributed by atoms with Gasteiger partial charge in [-0.2, -0.15) is 0 Å². The minimum absolute atomic E-state index is 0.467. The Kier molecular flexibility index (Phi) is 8.56. The molecule has 0 bridgehead atoms. The first-order valence-electron chi connectivity index (χ1n) is 3.49. The Morgan fingerprint density at radius 3 is 2.25 bits per heavy atom. The second-order valence-corrected chi connectivity index (χ2v) is 5.46. The van der Waals surface area contributed by atoms with Crippen LogP contribution < -0.4 is 0 Å². The van der Waals surface area contributed by atoms with E-state index in [2.05, 4.69) is 13.8 Å². The third-order valence-electron chi connectivity index (χ3n) is 0.991. The number of hydrogen-bond donors (Lipinski definition) is 0. The van der Waals surface area contributed by atoms with Crippen LogP contribution in [0.1, 0.15) is 33.1 Å². The van der Waals surface area contributed by atoms with Crippen LogP contribution >= 0.6 is 0 Å². The van der Waals surface area contributed by atoms with Gasteiger partial charge in [-0.1, -0.05) is 0 Å². The summed E-state index contributed by atoms with van der Waals surface area (Å²) in [5.74, 6) is 0. The van der Waals surface area contributed by atoms with Crippen LogP contribution in [0.5, 0.6) is 0 Å². The molecule has 0 unspecified atom stereocenters. The van der Waals surface area contributed by atoms with Crippen molar-refractivity contribution in [3.63, 3.8) is 0 Å². The molecule has 0 fully saturated rings. The van der Waals surface area contributed by atoms with Crippen molar-refractivity contribution >= 4 is 20.9 Å². The summed E-state index contributed by atoms with van der Waals surface area (Å²) in [5.41, 5.74) is 0. The van der Waals surface area contributed by atoms with Gasteiger partial charge in [0.1, 0.15) is 0 Å². The van der Waals surface area contributed by atoms with Gasteiger partial charge in [0.15, 0.2) is 0 Å². The van der Waals surface area contributed by atoms with Crippen LogP contribution in [-0.2, 0) is 0 Å². The minimum atomic E-state index is 0.467. The predicted molar refractivity (Wildman–Crippen MR) is 40.6 cm³/mol. The van der Waals surface area contributed by atoms with Crippen molar-refractivity contribution < 1.29 is 0 Å². The SMILES string of the molecule is CCCC[Te]CCC. The molecule has 0 saturated carbocycles. The summed E-state index contributed by atoms with van der Waals surface area (Å²) < 4.78 is 3.14. The van der Waals surface area contributed by atoms with E-state index < -0.39 is 0 Å². The topological polar surface area (TPSA) is 0 Å². The van der Waals surface area contributed by atoms with E-state index >= 15 is 0 Å². The van der Waals surface area contributed by atoms with Crippen LogP contribution in [0.4, 0.5) is 0 Å². The van der Waals surface area contributed by atoms with Crippen LogP contribution in [0.15, 0.2) is 0 Å². The zero-order valence-electron chi connectivity index (χ0n) is 5.94. The van der Waals surface area contributed by atoms with Crippen LogP contribution in [0.25, 0.3) is 0 Å². The molecule has 0 radical (unpaired) electrons. The van der Waals surface area contributed by atoms with E-state index in [9.17, 15) is 0 Å². The summed E-state index contributed by atoms with van der Waals surface area (Å²) in [7, 11) is 0. The maximum absolute atomic E-state index is 2.29. The van der Waals surface area contributed by atoms with Crippen molar-refractivity contribution in [3.8, 4) is 0 Å². The molecular weight excluding hydrogens is 212 g/mol. The third kappa shape index (κ3) is 6.79. The van der Waals surface area contributed by atoms with Gasteiger partial charge < -0.3 is 0 Å². The average molecular weight is 228 g/mol. The molecule has 0 aromatic heterocycles. The van der Waals surface area contributed by atoms with Gasteiger partial charge in [0.2, 0.25) is 0 Å². The van der Waals surface area contributed by atoms with E-state index in [1.54, 1.807) is 8.94 Å². The van der Waals surface area contributed by atoms with Crippen molar-refractivity contribution in [2.45, 2.75) is 42.0 Å². The average Bonchev–Trinajstić information content (AvgIpc) is 1.81. The van der Waals surface area contributed by atoms with Crippen molar-refractivity contribution in [2.75, 3.05) is 0 Å². The van der Waals surface area contributed by atoms with Gasteiger partial charge in [0.05, 0.1) is 0 Å². The zero-order chi connectivity index (χ0) is 6.24. The van der Waals surface area contributed by atoms with Crippen LogP contribution in [0.2, 0.25) is 8.94 Å². The monoisotopic (exact) mass is 230 g/mol. The summed E-state index contributed by atoms with van der Waals surface area (Å²) in [6, 6.07) is 0. The van der Waals surface area contributed by atoms with Crippen LogP contribution in [0, 0.1) is 0 Å². The standard InChI is InChI=1S/C7H16Te/c1-3-5-7-8-6-4-2/h3-7H2,1-2H3. The molecule has 0 nitrogen and oxygen atoms in total. The zero-order valence-corrected chi connectivity index (χ0v) is 8.27. The van der Waals surface area contributed by atoms with Gasteiger partial charge in [0, 0.05) is 0 Å². The molecule has 1 heteroatoms. The van der Waals surface area contributed by atoms with Crippen LogP contribution in [-0.4, -0.2) is 20.9 Å². The van der Waals surface area contributed by atoms with Crippen molar-refractivity contribution in [1.82, 2.24) is 0 Å². The van der Waals surface area contributed by atoms with Crippen molar-refractivity contribution in [3.05, 3.63) is 0 Å². The summed E-state index contributed by atoms with van der Waals surface area (Å²) in [5, 5.41) is 0. The van der Waals surface area contributed by atoms with Gasteiger partial charge in [-0.15, -0.1) is 0 Å². The molecule has 0 heterocycles. The van der Waals surface area contributed by atoms with E-state index in [1.807, 2.05) is 0 Å². The van der Waals surface area contributed by atoms with E-state index in [0.29, 0.717) is 20.9 Å². The molecule has 0 rings (SSSR count). The first-order valence-corrected chi connectivity index (χ1v) is 6.79. The number of hydrogen-bond acceptors (Lipinski definition) is 0. The summed E-state index contributed by atoms with van der Waals surface area (Å²) >= 11 is 0.467. The Morgan fingerprint density at radius 1 is 1.00 bits per heavy atom. The van der Waals surface area contributed by atoms with Gasteiger partial charge in [-0.3, -0.25) is 0 Å². The normalized spacial score (nSPS) is 9.75. The fourth-order valence-corrected chi connectivity index (χ4v) is 3.31. The molecule has 0 aliphatic rings. The molecule has 0 aliphatic heterocycles. The van der Waals surface area contributed by atoms with E-state index in [4.69, 9.17) is 0 Å². The molecule has 0 aromatic carbocycles. The fraction of sp³-hybridized carbons (Fsp3) is 1.00. The van der Waals surface area contributed by atoms with Crippen molar-refractivity contribution in [1.29, 1.82) is 0 Å². The quantitative estimate of drug-likeness (QED) is 0.501. The maximum atomic E-state index is 2.29. The summed E-state index contributed by atoms with van der Waals surface area (Å²) in [4.78, 5) is 0. The summed E-state index contributed by atoms with van der Waals surface area (Å²) in [6.45, 7) is 4.57. The van der Waals surface area contributed by atoms with Gasteiger partial charge in [-0.05, 0) is 0 Å². The number of unbranched alkanes of at least 4 members (excludes halogenated alkanes) is 1. The van der Waals surface area contributed by atoms with Gasteiger partial charge in [0.25, 0.3) is 0 Å². The second-order valence-electron chi connectivity index (χ2n) is 1.97. The molecule has 0 aliphatic carbocycles. The number of rotatable bonds is 5. The molecule has 0 N–H and O–H groups in total. The Hall–Kier alpha value is 0.790. The Morgan fingerprint density at radius 2 is 1.75 bits per heavy atom. The Bertz CT molecular complexity index is 29.4. The molecule has 0 aromatic rings. The second kappa shape index (κ2) is 7.79. The predicted octanol–water partition coefficient (Wildman–Crippen LogP) is 2.74. The Labute approximate surface area is 63.1 Å². The third-order valence-corrected chi connectivity index (χ3v) is 4.63. The summed E-state index contributed by atoms with van der Waals surface area (Å²) in [6.07, 6.45) is 4.31. The molecule has 0 saturated heterocycles. The van der Waals surface area contributed by atoms with Gasteiger partial charge >= 0.3 is 63.0 Å².